The number of aromatic nitrogens is 3. The maximum atomic E-state index is 13.6. The summed E-state index contributed by atoms with van der Waals surface area (Å²) in [5.74, 6) is 1.31. The van der Waals surface area contributed by atoms with Gasteiger partial charge in [0.2, 0.25) is 11.1 Å². The van der Waals surface area contributed by atoms with Crippen molar-refractivity contribution in [1.82, 2.24) is 14.9 Å². The number of thioether (sulfide) groups is 1. The van der Waals surface area contributed by atoms with E-state index >= 15 is 0 Å². The summed E-state index contributed by atoms with van der Waals surface area (Å²) in [5.41, 5.74) is 8.68. The van der Waals surface area contributed by atoms with Gasteiger partial charge in [0.15, 0.2) is 5.82 Å². The lowest BCUT2D eigenvalue weighted by Crippen LogP contribution is -2.41. The molecule has 0 spiro atoms. The summed E-state index contributed by atoms with van der Waals surface area (Å²) in [7, 11) is 0. The van der Waals surface area contributed by atoms with Crippen LogP contribution in [0.15, 0.2) is 78.0 Å². The highest BCUT2D eigenvalue weighted by atomic mass is 32.2. The fraction of sp³-hybridized carbons (Fsp3) is 0.222. The number of benzene rings is 3. The Morgan fingerprint density at radius 2 is 1.77 bits per heavy atom. The van der Waals surface area contributed by atoms with Crippen molar-refractivity contribution >= 4 is 23.4 Å². The number of nitrogens with one attached hydrogen (secondary N) is 2. The van der Waals surface area contributed by atoms with E-state index < -0.39 is 5.25 Å². The molecular formula is C27H27N5O2S. The molecule has 0 saturated heterocycles. The molecule has 0 bridgehead atoms. The lowest BCUT2D eigenvalue weighted by molar-refractivity contribution is -0.116. The molecule has 8 heteroatoms. The minimum atomic E-state index is -0.447. The van der Waals surface area contributed by atoms with E-state index in [-0.39, 0.29) is 18.6 Å². The number of hydrogen-bond donors (Lipinski definition) is 2. The first kappa shape index (κ1) is 23.0. The number of para-hydroxylation sites is 1. The molecule has 1 aromatic heterocycles. The first-order valence-corrected chi connectivity index (χ1v) is 12.4. The highest BCUT2D eigenvalue weighted by Crippen LogP contribution is 2.38. The van der Waals surface area contributed by atoms with E-state index in [4.69, 9.17) is 4.74 Å². The van der Waals surface area contributed by atoms with Gasteiger partial charge in [-0.25, -0.2) is 4.68 Å². The molecule has 1 aliphatic heterocycles. The van der Waals surface area contributed by atoms with Crippen LogP contribution in [-0.2, 0) is 11.4 Å². The molecule has 1 amide bonds. The van der Waals surface area contributed by atoms with E-state index in [1.54, 1.807) is 0 Å². The Balaban J connectivity index is 1.43. The van der Waals surface area contributed by atoms with Gasteiger partial charge >= 0.3 is 0 Å². The normalized spacial score (nSPS) is 16.8. The second kappa shape index (κ2) is 9.84. The third kappa shape index (κ3) is 4.88. The number of aryl methyl sites for hydroxylation is 2. The van der Waals surface area contributed by atoms with Crippen molar-refractivity contribution in [3.8, 4) is 5.75 Å². The maximum absolute atomic E-state index is 13.6. The van der Waals surface area contributed by atoms with Gasteiger partial charge in [0.1, 0.15) is 17.6 Å². The van der Waals surface area contributed by atoms with Crippen LogP contribution >= 0.6 is 11.8 Å². The zero-order valence-electron chi connectivity index (χ0n) is 19.9. The molecular weight excluding hydrogens is 458 g/mol. The number of rotatable bonds is 6. The highest BCUT2D eigenvalue weighted by Gasteiger charge is 2.38. The summed E-state index contributed by atoms with van der Waals surface area (Å²) in [5, 5.41) is 12.0. The number of carbonyl (C=O) groups is 1. The molecule has 5 rings (SSSR count). The Morgan fingerprint density at radius 1 is 1.00 bits per heavy atom. The Kier molecular flexibility index (Phi) is 6.46. The summed E-state index contributed by atoms with van der Waals surface area (Å²) in [6.45, 7) is 6.36. The minimum Gasteiger partial charge on any atom is -0.486 e. The SMILES string of the molecule is Cc1ccc([C@@H]2Nn3c(COc4ccccc4)nnc3S[C@H]2C(=O)Nc2cccc(C)c2C)cc1. The molecule has 7 nitrogen and oxygen atoms in total. The number of nitrogens with zero attached hydrogens (tertiary/aromatic N) is 3. The number of anilines is 1. The molecule has 0 fully saturated rings. The predicted molar refractivity (Wildman–Crippen MR) is 138 cm³/mol. The Morgan fingerprint density at radius 3 is 2.54 bits per heavy atom. The molecule has 3 aromatic carbocycles. The lowest BCUT2D eigenvalue weighted by Gasteiger charge is -2.33. The lowest BCUT2D eigenvalue weighted by atomic mass is 10.0. The quantitative estimate of drug-likeness (QED) is 0.392. The van der Waals surface area contributed by atoms with Gasteiger partial charge in [0.05, 0.1) is 6.04 Å². The molecule has 0 unspecified atom stereocenters. The van der Waals surface area contributed by atoms with E-state index in [0.29, 0.717) is 11.0 Å². The highest BCUT2D eigenvalue weighted by molar-refractivity contribution is 8.00. The monoisotopic (exact) mass is 485 g/mol. The van der Waals surface area contributed by atoms with E-state index in [1.165, 1.54) is 11.8 Å². The van der Waals surface area contributed by atoms with Crippen LogP contribution in [0.25, 0.3) is 0 Å². The number of hydrogen-bond acceptors (Lipinski definition) is 6. The zero-order chi connectivity index (χ0) is 24.4. The van der Waals surface area contributed by atoms with Gasteiger partial charge in [-0.2, -0.15) is 0 Å². The summed E-state index contributed by atoms with van der Waals surface area (Å²) >= 11 is 1.40. The topological polar surface area (TPSA) is 81.1 Å². The van der Waals surface area contributed by atoms with E-state index in [1.807, 2.05) is 67.1 Å². The van der Waals surface area contributed by atoms with Crippen LogP contribution in [0.5, 0.6) is 5.75 Å². The van der Waals surface area contributed by atoms with Gasteiger partial charge in [-0.15, -0.1) is 10.2 Å². The van der Waals surface area contributed by atoms with Gasteiger partial charge < -0.3 is 15.5 Å². The van der Waals surface area contributed by atoms with Crippen LogP contribution < -0.4 is 15.5 Å². The first-order chi connectivity index (χ1) is 17.0. The molecule has 35 heavy (non-hydrogen) atoms. The predicted octanol–water partition coefficient (Wildman–Crippen LogP) is 5.18. The molecule has 1 aliphatic rings. The van der Waals surface area contributed by atoms with E-state index in [0.717, 1.165) is 33.7 Å². The van der Waals surface area contributed by atoms with Crippen LogP contribution in [-0.4, -0.2) is 26.0 Å². The van der Waals surface area contributed by atoms with Crippen molar-refractivity contribution < 1.29 is 9.53 Å². The molecule has 4 aromatic rings. The van der Waals surface area contributed by atoms with Gasteiger partial charge in [0, 0.05) is 5.69 Å². The molecule has 2 atom stereocenters. The second-order valence-electron chi connectivity index (χ2n) is 8.63. The number of ether oxygens (including phenoxy) is 1. The van der Waals surface area contributed by atoms with Crippen molar-refractivity contribution in [2.75, 3.05) is 10.7 Å². The van der Waals surface area contributed by atoms with Gasteiger partial charge in [-0.1, -0.05) is 71.9 Å². The van der Waals surface area contributed by atoms with Crippen molar-refractivity contribution in [2.45, 2.75) is 43.8 Å². The first-order valence-electron chi connectivity index (χ1n) is 11.5. The second-order valence-corrected chi connectivity index (χ2v) is 9.74. The largest absolute Gasteiger partial charge is 0.486 e. The molecule has 2 N–H and O–H groups in total. The summed E-state index contributed by atoms with van der Waals surface area (Å²) < 4.78 is 7.73. The van der Waals surface area contributed by atoms with Crippen LogP contribution in [0.2, 0.25) is 0 Å². The molecule has 0 saturated carbocycles. The van der Waals surface area contributed by atoms with E-state index in [2.05, 4.69) is 52.1 Å². The van der Waals surface area contributed by atoms with Crippen molar-refractivity contribution in [1.29, 1.82) is 0 Å². The molecule has 2 heterocycles. The number of amides is 1. The summed E-state index contributed by atoms with van der Waals surface area (Å²) in [6.07, 6.45) is 0. The minimum absolute atomic E-state index is 0.0851. The standard InChI is InChI=1S/C27H27N5O2S/c1-17-12-14-20(15-13-17)24-25(26(33)28-22-11-7-8-18(2)19(22)3)35-27-30-29-23(32(27)31-24)16-34-21-9-5-4-6-10-21/h4-15,24-25,31H,16H2,1-3H3,(H,28,33)/t24-,25+/m0/s1. The maximum Gasteiger partial charge on any atom is 0.240 e. The summed E-state index contributed by atoms with van der Waals surface area (Å²) in [6, 6.07) is 23.5. The Bertz CT molecular complexity index is 1340. The third-order valence-electron chi connectivity index (χ3n) is 6.17. The van der Waals surface area contributed by atoms with Crippen LogP contribution in [0, 0.1) is 20.8 Å². The van der Waals surface area contributed by atoms with Crippen LogP contribution in [0.3, 0.4) is 0 Å². The van der Waals surface area contributed by atoms with Crippen molar-refractivity contribution in [3.05, 3.63) is 101 Å². The fourth-order valence-corrected chi connectivity index (χ4v) is 5.07. The van der Waals surface area contributed by atoms with Gasteiger partial charge in [-0.3, -0.25) is 4.79 Å². The molecule has 0 aliphatic carbocycles. The number of fused-ring (bicyclic) bond motifs is 1. The third-order valence-corrected chi connectivity index (χ3v) is 7.39. The summed E-state index contributed by atoms with van der Waals surface area (Å²) in [4.78, 5) is 13.6. The average Bonchev–Trinajstić information content (AvgIpc) is 3.28. The van der Waals surface area contributed by atoms with E-state index in [9.17, 15) is 4.79 Å². The Hall–Kier alpha value is -3.78. The van der Waals surface area contributed by atoms with Crippen LogP contribution in [0.1, 0.15) is 34.1 Å². The van der Waals surface area contributed by atoms with Crippen molar-refractivity contribution in [3.63, 3.8) is 0 Å². The van der Waals surface area contributed by atoms with Crippen molar-refractivity contribution in [2.24, 2.45) is 0 Å². The average molecular weight is 486 g/mol. The fourth-order valence-electron chi connectivity index (χ4n) is 3.97. The number of carbonyl (C=O) groups excluding carboxylic acids is 1. The Labute approximate surface area is 208 Å². The molecule has 178 valence electrons. The van der Waals surface area contributed by atoms with Gasteiger partial charge in [-0.05, 0) is 55.7 Å². The zero-order valence-corrected chi connectivity index (χ0v) is 20.7. The smallest absolute Gasteiger partial charge is 0.240 e. The van der Waals surface area contributed by atoms with Gasteiger partial charge in [0.25, 0.3) is 0 Å². The molecule has 0 radical (unpaired) electrons. The van der Waals surface area contributed by atoms with Crippen LogP contribution in [0.4, 0.5) is 5.69 Å².